The molecule has 9 heteroatoms. The fraction of sp³-hybridized carbons (Fsp3) is 0.182. The fourth-order valence-corrected chi connectivity index (χ4v) is 6.33. The minimum absolute atomic E-state index is 0.0135. The van der Waals surface area contributed by atoms with E-state index in [9.17, 15) is 17.6 Å². The van der Waals surface area contributed by atoms with E-state index in [0.29, 0.717) is 10.9 Å². The average molecular weight is 459 g/mol. The molecule has 2 aromatic heterocycles. The van der Waals surface area contributed by atoms with Crippen molar-refractivity contribution >= 4 is 38.0 Å². The zero-order valence-corrected chi connectivity index (χ0v) is 18.4. The van der Waals surface area contributed by atoms with E-state index < -0.39 is 21.8 Å². The van der Waals surface area contributed by atoms with Gasteiger partial charge in [0.1, 0.15) is 16.1 Å². The number of aryl methyl sites for hydroxylation is 1. The molecule has 0 aliphatic carbocycles. The number of thiazole rings is 1. The maximum atomic E-state index is 13.7. The Morgan fingerprint density at radius 1 is 1.19 bits per heavy atom. The summed E-state index contributed by atoms with van der Waals surface area (Å²) < 4.78 is 46.8. The van der Waals surface area contributed by atoms with Crippen LogP contribution in [-0.4, -0.2) is 31.0 Å². The Hall–Kier alpha value is -3.04. The lowest BCUT2D eigenvalue weighted by Crippen LogP contribution is -2.24. The standard InChI is InChI=1S/C22H19FN2O4S2/c1-14-10-15-11-16(23)8-9-19(15)25(14)20(21(26)29-2)12-18-22(30-13-24-18)31(27,28)17-6-4-3-5-7-17/h3-11,13,20H,12H2,1-2H3. The third-order valence-corrected chi connectivity index (χ3v) is 8.29. The van der Waals surface area contributed by atoms with E-state index in [0.717, 1.165) is 17.0 Å². The van der Waals surface area contributed by atoms with E-state index in [1.165, 1.54) is 36.9 Å². The lowest BCUT2D eigenvalue weighted by molar-refractivity contribution is -0.144. The van der Waals surface area contributed by atoms with Crippen molar-refractivity contribution in [3.8, 4) is 0 Å². The van der Waals surface area contributed by atoms with E-state index >= 15 is 0 Å². The van der Waals surface area contributed by atoms with Gasteiger partial charge < -0.3 is 9.30 Å². The predicted octanol–water partition coefficient (Wildman–Crippen LogP) is 4.33. The number of sulfone groups is 1. The molecule has 2 heterocycles. The van der Waals surface area contributed by atoms with Crippen LogP contribution in [0.15, 0.2) is 69.2 Å². The molecule has 160 valence electrons. The third kappa shape index (κ3) is 3.86. The minimum Gasteiger partial charge on any atom is -0.467 e. The average Bonchev–Trinajstić information content (AvgIpc) is 3.35. The molecule has 0 radical (unpaired) electrons. The lowest BCUT2D eigenvalue weighted by Gasteiger charge is -2.19. The van der Waals surface area contributed by atoms with Crippen LogP contribution in [0.1, 0.15) is 17.4 Å². The number of fused-ring (bicyclic) bond motifs is 1. The highest BCUT2D eigenvalue weighted by Crippen LogP contribution is 2.32. The fourth-order valence-electron chi connectivity index (χ4n) is 3.68. The molecule has 2 aromatic carbocycles. The topological polar surface area (TPSA) is 78.3 Å². The zero-order chi connectivity index (χ0) is 22.2. The van der Waals surface area contributed by atoms with Crippen LogP contribution in [-0.2, 0) is 25.8 Å². The van der Waals surface area contributed by atoms with Crippen molar-refractivity contribution in [2.24, 2.45) is 0 Å². The van der Waals surface area contributed by atoms with Gasteiger partial charge in [0.2, 0.25) is 9.84 Å². The first kappa shape index (κ1) is 21.2. The maximum absolute atomic E-state index is 13.7. The Morgan fingerprint density at radius 2 is 1.94 bits per heavy atom. The molecule has 6 nitrogen and oxygen atoms in total. The molecule has 0 aliphatic heterocycles. The van der Waals surface area contributed by atoms with E-state index in [-0.39, 0.29) is 27.0 Å². The summed E-state index contributed by atoms with van der Waals surface area (Å²) in [7, 11) is -2.51. The first-order valence-corrected chi connectivity index (χ1v) is 11.8. The number of benzene rings is 2. The Bertz CT molecular complexity index is 1360. The monoisotopic (exact) mass is 458 g/mol. The first-order valence-electron chi connectivity index (χ1n) is 9.40. The van der Waals surface area contributed by atoms with Gasteiger partial charge in [-0.15, -0.1) is 11.3 Å². The van der Waals surface area contributed by atoms with Crippen molar-refractivity contribution in [2.45, 2.75) is 28.5 Å². The highest BCUT2D eigenvalue weighted by atomic mass is 32.2. The molecular formula is C22H19FN2O4S2. The van der Waals surface area contributed by atoms with Crippen LogP contribution in [0.4, 0.5) is 4.39 Å². The van der Waals surface area contributed by atoms with Gasteiger partial charge in [-0.25, -0.2) is 22.6 Å². The second kappa shape index (κ2) is 8.24. The summed E-state index contributed by atoms with van der Waals surface area (Å²) in [6, 6.07) is 13.3. The van der Waals surface area contributed by atoms with Gasteiger partial charge in [-0.05, 0) is 43.3 Å². The number of rotatable bonds is 6. The van der Waals surface area contributed by atoms with E-state index in [1.54, 1.807) is 41.8 Å². The number of hydrogen-bond acceptors (Lipinski definition) is 6. The zero-order valence-electron chi connectivity index (χ0n) is 16.8. The van der Waals surface area contributed by atoms with Crippen molar-refractivity contribution in [1.82, 2.24) is 9.55 Å². The third-order valence-electron chi connectivity index (χ3n) is 5.07. The van der Waals surface area contributed by atoms with Crippen molar-refractivity contribution < 1.29 is 22.3 Å². The molecule has 0 N–H and O–H groups in total. The van der Waals surface area contributed by atoms with Crippen molar-refractivity contribution in [3.63, 3.8) is 0 Å². The van der Waals surface area contributed by atoms with Crippen LogP contribution in [0.25, 0.3) is 10.9 Å². The molecule has 0 bridgehead atoms. The molecule has 1 atom stereocenters. The molecule has 0 aliphatic rings. The molecule has 0 amide bonds. The summed E-state index contributed by atoms with van der Waals surface area (Å²) in [5.74, 6) is -0.920. The van der Waals surface area contributed by atoms with Gasteiger partial charge in [0.25, 0.3) is 0 Å². The molecule has 0 spiro atoms. The van der Waals surface area contributed by atoms with Gasteiger partial charge in [0.05, 0.1) is 23.2 Å². The van der Waals surface area contributed by atoms with Crippen molar-refractivity contribution in [3.05, 3.63) is 77.3 Å². The van der Waals surface area contributed by atoms with Crippen LogP contribution >= 0.6 is 11.3 Å². The van der Waals surface area contributed by atoms with Crippen LogP contribution in [0.2, 0.25) is 0 Å². The summed E-state index contributed by atoms with van der Waals surface area (Å²) >= 11 is 1.01. The largest absolute Gasteiger partial charge is 0.467 e. The lowest BCUT2D eigenvalue weighted by atomic mass is 10.1. The van der Waals surface area contributed by atoms with E-state index in [4.69, 9.17) is 4.74 Å². The van der Waals surface area contributed by atoms with Crippen LogP contribution in [0.5, 0.6) is 0 Å². The van der Waals surface area contributed by atoms with Gasteiger partial charge in [-0.3, -0.25) is 0 Å². The predicted molar refractivity (Wildman–Crippen MR) is 115 cm³/mol. The summed E-state index contributed by atoms with van der Waals surface area (Å²) in [4.78, 5) is 17.2. The van der Waals surface area contributed by atoms with Crippen LogP contribution in [0, 0.1) is 12.7 Å². The number of carbonyl (C=O) groups excluding carboxylic acids is 1. The van der Waals surface area contributed by atoms with Gasteiger partial charge in [0.15, 0.2) is 0 Å². The Morgan fingerprint density at radius 3 is 2.65 bits per heavy atom. The highest BCUT2D eigenvalue weighted by molar-refractivity contribution is 7.93. The normalized spacial score (nSPS) is 12.7. The van der Waals surface area contributed by atoms with Crippen molar-refractivity contribution in [2.75, 3.05) is 7.11 Å². The number of methoxy groups -OCH3 is 1. The second-order valence-electron chi connectivity index (χ2n) is 7.00. The molecule has 31 heavy (non-hydrogen) atoms. The van der Waals surface area contributed by atoms with Gasteiger partial charge in [-0.2, -0.15) is 0 Å². The number of esters is 1. The minimum atomic E-state index is -3.79. The molecule has 4 rings (SSSR count). The molecule has 0 saturated heterocycles. The molecule has 4 aromatic rings. The van der Waals surface area contributed by atoms with Crippen molar-refractivity contribution in [1.29, 1.82) is 0 Å². The number of aromatic nitrogens is 2. The van der Waals surface area contributed by atoms with Gasteiger partial charge in [0, 0.05) is 23.0 Å². The van der Waals surface area contributed by atoms with Crippen LogP contribution in [0.3, 0.4) is 0 Å². The first-order chi connectivity index (χ1) is 14.8. The van der Waals surface area contributed by atoms with E-state index in [1.807, 2.05) is 0 Å². The Labute approximate surface area is 182 Å². The van der Waals surface area contributed by atoms with Gasteiger partial charge in [-0.1, -0.05) is 18.2 Å². The molecule has 0 saturated carbocycles. The van der Waals surface area contributed by atoms with E-state index in [2.05, 4.69) is 4.98 Å². The quantitative estimate of drug-likeness (QED) is 0.402. The maximum Gasteiger partial charge on any atom is 0.329 e. The number of ether oxygens (including phenoxy) is 1. The summed E-state index contributed by atoms with van der Waals surface area (Å²) in [5.41, 5.74) is 3.11. The summed E-state index contributed by atoms with van der Waals surface area (Å²) in [6.45, 7) is 1.80. The summed E-state index contributed by atoms with van der Waals surface area (Å²) in [6.07, 6.45) is 0.0135. The number of halogens is 1. The Kier molecular flexibility index (Phi) is 5.63. The Balaban J connectivity index is 1.80. The molecule has 1 unspecified atom stereocenters. The summed E-state index contributed by atoms with van der Waals surface area (Å²) in [5, 5.41) is 0.641. The number of hydrogen-bond donors (Lipinski definition) is 0. The number of nitrogens with zero attached hydrogens (tertiary/aromatic N) is 2. The smallest absolute Gasteiger partial charge is 0.329 e. The van der Waals surface area contributed by atoms with Gasteiger partial charge >= 0.3 is 5.97 Å². The number of carbonyl (C=O) groups is 1. The second-order valence-corrected chi connectivity index (χ2v) is 10.0. The highest BCUT2D eigenvalue weighted by Gasteiger charge is 2.30. The van der Waals surface area contributed by atoms with Crippen LogP contribution < -0.4 is 0 Å². The SMILES string of the molecule is COC(=O)C(Cc1ncsc1S(=O)(=O)c1ccccc1)n1c(C)cc2cc(F)ccc21. The molecular weight excluding hydrogens is 439 g/mol. The molecule has 0 fully saturated rings.